The molecule has 0 saturated carbocycles. The van der Waals surface area contributed by atoms with Crippen molar-refractivity contribution in [2.45, 2.75) is 33.1 Å². The van der Waals surface area contributed by atoms with E-state index in [-0.39, 0.29) is 0 Å². The largest absolute Gasteiger partial charge is 0.325 e. The number of likely N-dealkylation sites (tertiary alicyclic amines) is 1. The van der Waals surface area contributed by atoms with E-state index in [0.717, 1.165) is 18.2 Å². The normalized spacial score (nSPS) is 31.5. The lowest BCUT2D eigenvalue weighted by Crippen LogP contribution is -2.51. The molecule has 0 aromatic carbocycles. The molecule has 0 bridgehead atoms. The van der Waals surface area contributed by atoms with Gasteiger partial charge in [-0.3, -0.25) is 4.79 Å². The van der Waals surface area contributed by atoms with Crippen LogP contribution in [0.25, 0.3) is 0 Å². The zero-order valence-corrected chi connectivity index (χ0v) is 11.1. The second kappa shape index (κ2) is 5.90. The summed E-state index contributed by atoms with van der Waals surface area (Å²) < 4.78 is 1.17. The standard InChI is InChI=1S/C12H24NOS/c1-4-12(14)15-9-8-13(3)7-5-6-11(2)10-13/h11H,4-10H2,1-3H3/q+1. The van der Waals surface area contributed by atoms with Crippen LogP contribution in [0.1, 0.15) is 33.1 Å². The highest BCUT2D eigenvalue weighted by Gasteiger charge is 2.28. The predicted octanol–water partition coefficient (Wildman–Crippen LogP) is 2.53. The molecule has 1 aliphatic heterocycles. The van der Waals surface area contributed by atoms with Crippen LogP contribution >= 0.6 is 11.8 Å². The van der Waals surface area contributed by atoms with Crippen molar-refractivity contribution in [2.24, 2.45) is 5.92 Å². The van der Waals surface area contributed by atoms with Crippen molar-refractivity contribution in [3.63, 3.8) is 0 Å². The lowest BCUT2D eigenvalue weighted by molar-refractivity contribution is -0.915. The number of hydrogen-bond donors (Lipinski definition) is 0. The van der Waals surface area contributed by atoms with Gasteiger partial charge in [-0.25, -0.2) is 0 Å². The van der Waals surface area contributed by atoms with Crippen molar-refractivity contribution < 1.29 is 9.28 Å². The van der Waals surface area contributed by atoms with Crippen LogP contribution in [0.4, 0.5) is 0 Å². The van der Waals surface area contributed by atoms with Gasteiger partial charge in [-0.05, 0) is 12.8 Å². The molecule has 15 heavy (non-hydrogen) atoms. The molecule has 1 heterocycles. The summed E-state index contributed by atoms with van der Waals surface area (Å²) in [6.45, 7) is 8.03. The number of thioether (sulfide) groups is 1. The van der Waals surface area contributed by atoms with Crippen LogP contribution in [0.5, 0.6) is 0 Å². The van der Waals surface area contributed by atoms with Gasteiger partial charge in [0.2, 0.25) is 0 Å². The molecule has 0 spiro atoms. The highest BCUT2D eigenvalue weighted by molar-refractivity contribution is 8.13. The third-order valence-electron chi connectivity index (χ3n) is 3.33. The van der Waals surface area contributed by atoms with Gasteiger partial charge in [0, 0.05) is 12.3 Å². The lowest BCUT2D eigenvalue weighted by atomic mass is 9.98. The van der Waals surface area contributed by atoms with Crippen molar-refractivity contribution >= 4 is 16.9 Å². The molecule has 0 aromatic heterocycles. The zero-order valence-electron chi connectivity index (χ0n) is 10.3. The molecule has 1 aliphatic rings. The minimum atomic E-state index is 0.339. The highest BCUT2D eigenvalue weighted by atomic mass is 32.2. The number of piperidine rings is 1. The highest BCUT2D eigenvalue weighted by Crippen LogP contribution is 2.22. The minimum Gasteiger partial charge on any atom is -0.325 e. The van der Waals surface area contributed by atoms with Crippen molar-refractivity contribution in [2.75, 3.05) is 32.4 Å². The summed E-state index contributed by atoms with van der Waals surface area (Å²) in [5, 5.41) is 0.339. The Balaban J connectivity index is 2.26. The molecule has 3 heteroatoms. The molecule has 0 amide bonds. The van der Waals surface area contributed by atoms with Gasteiger partial charge in [0.15, 0.2) is 5.12 Å². The van der Waals surface area contributed by atoms with Crippen LogP contribution in [0.3, 0.4) is 0 Å². The Morgan fingerprint density at radius 3 is 2.87 bits per heavy atom. The van der Waals surface area contributed by atoms with Crippen LogP contribution in [0.15, 0.2) is 0 Å². The van der Waals surface area contributed by atoms with Crippen LogP contribution in [-0.2, 0) is 4.79 Å². The Bertz CT molecular complexity index is 220. The third kappa shape index (κ3) is 4.56. The molecule has 88 valence electrons. The average Bonchev–Trinajstić information content (AvgIpc) is 2.16. The van der Waals surface area contributed by atoms with E-state index in [4.69, 9.17) is 0 Å². The second-order valence-electron chi connectivity index (χ2n) is 5.07. The summed E-state index contributed by atoms with van der Waals surface area (Å²) in [5.41, 5.74) is 0. The number of quaternary nitrogens is 1. The molecule has 2 nitrogen and oxygen atoms in total. The zero-order chi connectivity index (χ0) is 11.3. The number of carbonyl (C=O) groups is 1. The first-order valence-corrected chi connectivity index (χ1v) is 7.03. The first-order valence-electron chi connectivity index (χ1n) is 6.05. The van der Waals surface area contributed by atoms with Crippen molar-refractivity contribution in [3.05, 3.63) is 0 Å². The molecular weight excluding hydrogens is 206 g/mol. The lowest BCUT2D eigenvalue weighted by Gasteiger charge is -2.40. The molecule has 0 radical (unpaired) electrons. The fourth-order valence-electron chi connectivity index (χ4n) is 2.44. The smallest absolute Gasteiger partial charge is 0.188 e. The Morgan fingerprint density at radius 1 is 1.53 bits per heavy atom. The van der Waals surface area contributed by atoms with E-state index in [0.29, 0.717) is 11.5 Å². The van der Waals surface area contributed by atoms with E-state index >= 15 is 0 Å². The first-order chi connectivity index (χ1) is 7.06. The van der Waals surface area contributed by atoms with Gasteiger partial charge in [0.25, 0.3) is 0 Å². The summed E-state index contributed by atoms with van der Waals surface area (Å²) >= 11 is 1.52. The van der Waals surface area contributed by atoms with Crippen LogP contribution < -0.4 is 0 Å². The molecule has 1 rings (SSSR count). The first kappa shape index (κ1) is 13.0. The van der Waals surface area contributed by atoms with Gasteiger partial charge < -0.3 is 4.48 Å². The van der Waals surface area contributed by atoms with E-state index in [1.165, 1.54) is 42.2 Å². The van der Waals surface area contributed by atoms with Gasteiger partial charge in [0.05, 0.1) is 32.4 Å². The summed E-state index contributed by atoms with van der Waals surface area (Å²) in [5.74, 6) is 1.85. The Morgan fingerprint density at radius 2 is 2.27 bits per heavy atom. The van der Waals surface area contributed by atoms with E-state index < -0.39 is 0 Å². The maximum atomic E-state index is 11.2. The SMILES string of the molecule is CCC(=O)SCC[N+]1(C)CCCC(C)C1. The Hall–Kier alpha value is -0.0200. The molecular formula is C12H24NOS+. The molecule has 0 N–H and O–H groups in total. The van der Waals surface area contributed by atoms with Gasteiger partial charge >= 0.3 is 0 Å². The quantitative estimate of drug-likeness (QED) is 0.690. The molecule has 0 aromatic rings. The summed E-state index contributed by atoms with van der Waals surface area (Å²) in [6, 6.07) is 0. The van der Waals surface area contributed by atoms with Gasteiger partial charge in [-0.1, -0.05) is 25.6 Å². The fraction of sp³-hybridized carbons (Fsp3) is 0.917. The average molecular weight is 230 g/mol. The number of carbonyl (C=O) groups excluding carboxylic acids is 1. The molecule has 1 fully saturated rings. The molecule has 2 unspecified atom stereocenters. The Labute approximate surface area is 98.0 Å². The van der Waals surface area contributed by atoms with E-state index in [2.05, 4.69) is 14.0 Å². The van der Waals surface area contributed by atoms with Crippen molar-refractivity contribution in [1.82, 2.24) is 0 Å². The Kier molecular flexibility index (Phi) is 5.13. The van der Waals surface area contributed by atoms with Crippen molar-refractivity contribution in [1.29, 1.82) is 0 Å². The predicted molar refractivity (Wildman–Crippen MR) is 66.9 cm³/mol. The number of nitrogens with zero attached hydrogens (tertiary/aromatic N) is 1. The van der Waals surface area contributed by atoms with E-state index in [1.807, 2.05) is 6.92 Å². The topological polar surface area (TPSA) is 17.1 Å². The molecule has 0 aliphatic carbocycles. The van der Waals surface area contributed by atoms with Gasteiger partial charge in [-0.15, -0.1) is 0 Å². The maximum Gasteiger partial charge on any atom is 0.188 e. The molecule has 1 saturated heterocycles. The summed E-state index contributed by atoms with van der Waals surface area (Å²) in [4.78, 5) is 11.2. The van der Waals surface area contributed by atoms with Crippen molar-refractivity contribution in [3.8, 4) is 0 Å². The third-order valence-corrected chi connectivity index (χ3v) is 4.33. The second-order valence-corrected chi connectivity index (χ2v) is 6.22. The number of hydrogen-bond acceptors (Lipinski definition) is 2. The van der Waals surface area contributed by atoms with Crippen LogP contribution in [0, 0.1) is 5.92 Å². The van der Waals surface area contributed by atoms with Crippen LogP contribution in [0.2, 0.25) is 0 Å². The fourth-order valence-corrected chi connectivity index (χ4v) is 3.41. The van der Waals surface area contributed by atoms with E-state index in [9.17, 15) is 4.79 Å². The van der Waals surface area contributed by atoms with Gasteiger partial charge in [0.1, 0.15) is 0 Å². The summed E-state index contributed by atoms with van der Waals surface area (Å²) in [7, 11) is 2.34. The monoisotopic (exact) mass is 230 g/mol. The van der Waals surface area contributed by atoms with E-state index in [1.54, 1.807) is 0 Å². The minimum absolute atomic E-state index is 0.339. The number of rotatable bonds is 4. The maximum absolute atomic E-state index is 11.2. The van der Waals surface area contributed by atoms with Crippen LogP contribution in [-0.4, -0.2) is 42.0 Å². The summed E-state index contributed by atoms with van der Waals surface area (Å²) in [6.07, 6.45) is 3.41. The van der Waals surface area contributed by atoms with Gasteiger partial charge in [-0.2, -0.15) is 0 Å². The molecule has 2 atom stereocenters.